The maximum Gasteiger partial charge on any atom is 0.336 e. The molecule has 0 unspecified atom stereocenters. The summed E-state index contributed by atoms with van der Waals surface area (Å²) < 4.78 is 11.6. The van der Waals surface area contributed by atoms with Crippen LogP contribution in [0.1, 0.15) is 13.8 Å². The van der Waals surface area contributed by atoms with E-state index in [1.807, 2.05) is 23.6 Å². The van der Waals surface area contributed by atoms with Crippen molar-refractivity contribution in [1.82, 2.24) is 4.90 Å². The van der Waals surface area contributed by atoms with E-state index in [4.69, 9.17) is 21.4 Å². The molecule has 0 fully saturated rings. The van der Waals surface area contributed by atoms with Crippen LogP contribution >= 0.6 is 24.0 Å². The number of thioether (sulfide) groups is 1. The van der Waals surface area contributed by atoms with E-state index in [9.17, 15) is 4.79 Å². The van der Waals surface area contributed by atoms with Crippen molar-refractivity contribution in [2.45, 2.75) is 13.8 Å². The predicted octanol–water partition coefficient (Wildman–Crippen LogP) is 4.05. The van der Waals surface area contributed by atoms with Crippen LogP contribution in [-0.4, -0.2) is 28.9 Å². The van der Waals surface area contributed by atoms with Gasteiger partial charge in [0.05, 0.1) is 0 Å². The molecule has 1 heterocycles. The molecule has 1 aromatic heterocycles. The topological polar surface area (TPSA) is 42.7 Å². The van der Waals surface area contributed by atoms with Gasteiger partial charge < -0.3 is 14.1 Å². The lowest BCUT2D eigenvalue weighted by Crippen LogP contribution is -2.26. The van der Waals surface area contributed by atoms with Gasteiger partial charge >= 0.3 is 5.63 Å². The lowest BCUT2D eigenvalue weighted by molar-refractivity contribution is 0.363. The van der Waals surface area contributed by atoms with Gasteiger partial charge in [-0.15, -0.1) is 0 Å². The minimum absolute atomic E-state index is 0.365. The highest BCUT2D eigenvalue weighted by atomic mass is 32.2. The Morgan fingerprint density at radius 2 is 2.04 bits per heavy atom. The summed E-state index contributed by atoms with van der Waals surface area (Å²) in [4.78, 5) is 13.3. The van der Waals surface area contributed by atoms with Crippen molar-refractivity contribution in [3.05, 3.63) is 52.2 Å². The molecule has 0 aliphatic carbocycles. The second-order valence-corrected chi connectivity index (χ2v) is 6.23. The van der Waals surface area contributed by atoms with E-state index < -0.39 is 0 Å². The maximum atomic E-state index is 11.2. The summed E-state index contributed by atoms with van der Waals surface area (Å²) >= 11 is 6.85. The highest BCUT2D eigenvalue weighted by Gasteiger charge is 2.03. The quantitative estimate of drug-likeness (QED) is 0.579. The summed E-state index contributed by atoms with van der Waals surface area (Å²) in [5, 5.41) is 2.80. The van der Waals surface area contributed by atoms with Crippen LogP contribution < -0.4 is 10.4 Å². The minimum atomic E-state index is -0.365. The molecule has 0 spiro atoms. The summed E-state index contributed by atoms with van der Waals surface area (Å²) in [5.41, 5.74) is 0.159. The van der Waals surface area contributed by atoms with Crippen molar-refractivity contribution in [2.24, 2.45) is 0 Å². The van der Waals surface area contributed by atoms with E-state index in [1.165, 1.54) is 17.8 Å². The molecule has 0 saturated carbocycles. The Balaban J connectivity index is 1.87. The highest BCUT2D eigenvalue weighted by Crippen LogP contribution is 2.19. The van der Waals surface area contributed by atoms with Crippen LogP contribution in [0.5, 0.6) is 5.75 Å². The summed E-state index contributed by atoms with van der Waals surface area (Å²) in [6.07, 6.45) is 1.91. The molecule has 122 valence electrons. The average Bonchev–Trinajstić information content (AvgIpc) is 2.55. The third kappa shape index (κ3) is 5.11. The lowest BCUT2D eigenvalue weighted by Gasteiger charge is -2.19. The molecule has 2 rings (SSSR count). The van der Waals surface area contributed by atoms with E-state index in [0.717, 1.165) is 22.8 Å². The van der Waals surface area contributed by atoms with Gasteiger partial charge in [0, 0.05) is 30.6 Å². The summed E-state index contributed by atoms with van der Waals surface area (Å²) in [6, 6.07) is 8.57. The van der Waals surface area contributed by atoms with Gasteiger partial charge in [-0.25, -0.2) is 4.79 Å². The number of benzene rings is 1. The van der Waals surface area contributed by atoms with E-state index in [1.54, 1.807) is 12.1 Å². The third-order valence-electron chi connectivity index (χ3n) is 3.23. The van der Waals surface area contributed by atoms with Gasteiger partial charge in [-0.1, -0.05) is 24.0 Å². The second-order valence-electron chi connectivity index (χ2n) is 4.69. The molecule has 0 saturated heterocycles. The number of thiocarbonyl (C=S) groups is 1. The van der Waals surface area contributed by atoms with E-state index in [-0.39, 0.29) is 5.63 Å². The summed E-state index contributed by atoms with van der Waals surface area (Å²) in [6.45, 7) is 6.42. The number of fused-ring (bicyclic) bond motifs is 1. The largest absolute Gasteiger partial charge is 0.489 e. The molecule has 4 nitrogen and oxygen atoms in total. The van der Waals surface area contributed by atoms with Crippen molar-refractivity contribution in [1.29, 1.82) is 0 Å². The maximum absolute atomic E-state index is 11.2. The number of hydrogen-bond acceptors (Lipinski definition) is 5. The predicted molar refractivity (Wildman–Crippen MR) is 100 cm³/mol. The molecule has 6 heteroatoms. The lowest BCUT2D eigenvalue weighted by atomic mass is 10.2. The molecule has 0 amide bonds. The molecule has 23 heavy (non-hydrogen) atoms. The first kappa shape index (κ1) is 17.6. The standard InChI is InChI=1S/C17H19NO3S2/c1-3-18(4-2)17(22)23-11-5-10-20-14-8-6-13-7-9-16(19)21-15(13)12-14/h5-9,11-12H,3-4,10H2,1-2H3/b11-5-. The van der Waals surface area contributed by atoms with Gasteiger partial charge in [-0.05, 0) is 43.5 Å². The molecule has 1 aromatic carbocycles. The zero-order valence-corrected chi connectivity index (χ0v) is 14.8. The zero-order valence-electron chi connectivity index (χ0n) is 13.2. The normalized spacial score (nSPS) is 11.0. The van der Waals surface area contributed by atoms with Gasteiger partial charge in [0.15, 0.2) is 0 Å². The fourth-order valence-electron chi connectivity index (χ4n) is 1.98. The Bertz CT molecular complexity index is 751. The zero-order chi connectivity index (χ0) is 16.7. The summed E-state index contributed by atoms with van der Waals surface area (Å²) in [5.74, 6) is 0.660. The van der Waals surface area contributed by atoms with Crippen molar-refractivity contribution < 1.29 is 9.15 Å². The second kappa shape index (κ2) is 8.74. The summed E-state index contributed by atoms with van der Waals surface area (Å²) in [7, 11) is 0. The molecule has 0 atom stereocenters. The van der Waals surface area contributed by atoms with Crippen LogP contribution in [0.4, 0.5) is 0 Å². The first-order valence-corrected chi connectivity index (χ1v) is 8.70. The molecule has 0 bridgehead atoms. The van der Waals surface area contributed by atoms with Gasteiger partial charge in [-0.3, -0.25) is 0 Å². The van der Waals surface area contributed by atoms with Crippen LogP contribution in [0.15, 0.2) is 51.0 Å². The highest BCUT2D eigenvalue weighted by molar-refractivity contribution is 8.24. The Kier molecular flexibility index (Phi) is 6.67. The van der Waals surface area contributed by atoms with Crippen LogP contribution in [0.3, 0.4) is 0 Å². The molecule has 2 aromatic rings. The van der Waals surface area contributed by atoms with E-state index in [0.29, 0.717) is 17.9 Å². The Morgan fingerprint density at radius 1 is 1.30 bits per heavy atom. The third-order valence-corrected chi connectivity index (χ3v) is 4.56. The average molecular weight is 349 g/mol. The number of nitrogens with zero attached hydrogens (tertiary/aromatic N) is 1. The van der Waals surface area contributed by atoms with E-state index >= 15 is 0 Å². The van der Waals surface area contributed by atoms with Crippen LogP contribution in [0.25, 0.3) is 11.0 Å². The van der Waals surface area contributed by atoms with Gasteiger partial charge in [0.2, 0.25) is 0 Å². The monoisotopic (exact) mass is 349 g/mol. The van der Waals surface area contributed by atoms with Gasteiger partial charge in [0.25, 0.3) is 0 Å². The van der Waals surface area contributed by atoms with Gasteiger partial charge in [-0.2, -0.15) is 0 Å². The van der Waals surface area contributed by atoms with Crippen LogP contribution in [0, 0.1) is 0 Å². The van der Waals surface area contributed by atoms with E-state index in [2.05, 4.69) is 18.7 Å². The minimum Gasteiger partial charge on any atom is -0.489 e. The van der Waals surface area contributed by atoms with Crippen molar-refractivity contribution in [3.8, 4) is 5.75 Å². The van der Waals surface area contributed by atoms with Crippen molar-refractivity contribution in [2.75, 3.05) is 19.7 Å². The first-order valence-electron chi connectivity index (χ1n) is 7.41. The van der Waals surface area contributed by atoms with Gasteiger partial charge in [0.1, 0.15) is 22.3 Å². The Morgan fingerprint density at radius 3 is 2.78 bits per heavy atom. The fraction of sp³-hybridized carbons (Fsp3) is 0.294. The molecule has 0 N–H and O–H groups in total. The fourth-order valence-corrected chi connectivity index (χ4v) is 3.10. The van der Waals surface area contributed by atoms with Crippen molar-refractivity contribution >= 4 is 39.3 Å². The molecule has 0 aliphatic heterocycles. The number of ether oxygens (including phenoxy) is 1. The van der Waals surface area contributed by atoms with Crippen LogP contribution in [-0.2, 0) is 0 Å². The van der Waals surface area contributed by atoms with Crippen LogP contribution in [0.2, 0.25) is 0 Å². The smallest absolute Gasteiger partial charge is 0.336 e. The molecular formula is C17H19NO3S2. The molecule has 0 aliphatic rings. The molecular weight excluding hydrogens is 330 g/mol. The number of hydrogen-bond donors (Lipinski definition) is 0. The first-order chi connectivity index (χ1) is 11.1. The Hall–Kier alpha value is -1.79. The van der Waals surface area contributed by atoms with Crippen molar-refractivity contribution in [3.63, 3.8) is 0 Å². The number of rotatable bonds is 6. The Labute approximate surface area is 145 Å². The molecule has 0 radical (unpaired) electrons. The SMILES string of the molecule is CCN(CC)C(=S)S/C=C\COc1ccc2ccc(=O)oc2c1.